The first kappa shape index (κ1) is 20.4. The minimum absolute atomic E-state index is 0.252. The van der Waals surface area contributed by atoms with Crippen LogP contribution in [0.5, 0.6) is 5.75 Å². The molecule has 0 atom stereocenters. The second kappa shape index (κ2) is 10.3. The highest BCUT2D eigenvalue weighted by Gasteiger charge is 2.30. The van der Waals surface area contributed by atoms with Crippen molar-refractivity contribution in [2.45, 2.75) is 90.9 Å². The van der Waals surface area contributed by atoms with Gasteiger partial charge in [-0.15, -0.1) is 0 Å². The summed E-state index contributed by atoms with van der Waals surface area (Å²) in [6.45, 7) is 3.78. The van der Waals surface area contributed by atoms with Crippen LogP contribution in [0.2, 0.25) is 0 Å². The molecule has 0 amide bonds. The highest BCUT2D eigenvalue weighted by Crippen LogP contribution is 2.42. The average molecular weight is 371 g/mol. The summed E-state index contributed by atoms with van der Waals surface area (Å²) in [6, 6.07) is 8.06. The molecule has 1 aromatic rings. The lowest BCUT2D eigenvalue weighted by Crippen LogP contribution is -2.26. The fourth-order valence-corrected chi connectivity index (χ4v) is 5.57. The summed E-state index contributed by atoms with van der Waals surface area (Å²) in [5.41, 5.74) is 1.36. The summed E-state index contributed by atoms with van der Waals surface area (Å²) < 4.78 is 5.11. The monoisotopic (exact) mass is 370 g/mol. The number of esters is 1. The van der Waals surface area contributed by atoms with Crippen LogP contribution >= 0.6 is 0 Å². The van der Waals surface area contributed by atoms with Crippen LogP contribution in [0.25, 0.3) is 0 Å². The van der Waals surface area contributed by atoms with Crippen LogP contribution in [0.4, 0.5) is 0 Å². The SMILES string of the molecule is CCCC1CCC(C2CCC(CCc3ccc(OC(C)=O)cc3)CC2)CC1. The molecule has 0 bridgehead atoms. The Labute approximate surface area is 166 Å². The van der Waals surface area contributed by atoms with E-state index in [2.05, 4.69) is 19.1 Å². The van der Waals surface area contributed by atoms with Gasteiger partial charge in [-0.25, -0.2) is 0 Å². The van der Waals surface area contributed by atoms with Crippen molar-refractivity contribution in [2.75, 3.05) is 0 Å². The van der Waals surface area contributed by atoms with Gasteiger partial charge >= 0.3 is 5.97 Å². The van der Waals surface area contributed by atoms with Gasteiger partial charge in [0.1, 0.15) is 5.75 Å². The van der Waals surface area contributed by atoms with E-state index in [0.717, 1.165) is 30.1 Å². The molecule has 0 saturated heterocycles. The van der Waals surface area contributed by atoms with Crippen LogP contribution in [-0.4, -0.2) is 5.97 Å². The molecule has 0 heterocycles. The molecule has 0 spiro atoms. The van der Waals surface area contributed by atoms with E-state index in [1.54, 1.807) is 0 Å². The Morgan fingerprint density at radius 2 is 1.37 bits per heavy atom. The average Bonchev–Trinajstić information content (AvgIpc) is 2.68. The summed E-state index contributed by atoms with van der Waals surface area (Å²) in [5.74, 6) is 4.40. The zero-order chi connectivity index (χ0) is 19.1. The maximum Gasteiger partial charge on any atom is 0.308 e. The third kappa shape index (κ3) is 6.36. The van der Waals surface area contributed by atoms with E-state index >= 15 is 0 Å². The van der Waals surface area contributed by atoms with Crippen molar-refractivity contribution in [3.05, 3.63) is 29.8 Å². The van der Waals surface area contributed by atoms with Crippen molar-refractivity contribution in [1.82, 2.24) is 0 Å². The summed E-state index contributed by atoms with van der Waals surface area (Å²) >= 11 is 0. The van der Waals surface area contributed by atoms with E-state index < -0.39 is 0 Å². The molecule has 2 aliphatic carbocycles. The summed E-state index contributed by atoms with van der Waals surface area (Å²) in [4.78, 5) is 11.0. The molecule has 2 heteroatoms. The Morgan fingerprint density at radius 3 is 1.85 bits per heavy atom. The molecule has 0 radical (unpaired) electrons. The minimum atomic E-state index is -0.252. The number of hydrogen-bond donors (Lipinski definition) is 0. The lowest BCUT2D eigenvalue weighted by Gasteiger charge is -2.38. The third-order valence-electron chi connectivity index (χ3n) is 7.17. The second-order valence-corrected chi connectivity index (χ2v) is 9.13. The number of rotatable bonds is 7. The zero-order valence-electron chi connectivity index (χ0n) is 17.4. The maximum absolute atomic E-state index is 11.0. The van der Waals surface area contributed by atoms with E-state index in [0.29, 0.717) is 5.75 Å². The Kier molecular flexibility index (Phi) is 7.79. The van der Waals surface area contributed by atoms with Gasteiger partial charge < -0.3 is 4.74 Å². The molecule has 2 saturated carbocycles. The van der Waals surface area contributed by atoms with Gasteiger partial charge in [0.25, 0.3) is 0 Å². The van der Waals surface area contributed by atoms with Gasteiger partial charge in [-0.3, -0.25) is 4.79 Å². The van der Waals surface area contributed by atoms with Gasteiger partial charge in [0, 0.05) is 6.92 Å². The zero-order valence-corrected chi connectivity index (χ0v) is 17.4. The van der Waals surface area contributed by atoms with Gasteiger partial charge in [-0.05, 0) is 79.9 Å². The molecule has 0 aromatic heterocycles. The smallest absolute Gasteiger partial charge is 0.308 e. The Morgan fingerprint density at radius 1 is 0.852 bits per heavy atom. The first-order valence-corrected chi connectivity index (χ1v) is 11.4. The van der Waals surface area contributed by atoms with Crippen LogP contribution < -0.4 is 4.74 Å². The molecule has 2 nitrogen and oxygen atoms in total. The topological polar surface area (TPSA) is 26.3 Å². The van der Waals surface area contributed by atoms with E-state index in [1.165, 1.54) is 83.1 Å². The quantitative estimate of drug-likeness (QED) is 0.383. The Hall–Kier alpha value is -1.31. The number of ether oxygens (including phenoxy) is 1. The van der Waals surface area contributed by atoms with Crippen LogP contribution in [0, 0.1) is 23.7 Å². The van der Waals surface area contributed by atoms with Gasteiger partial charge in [0.05, 0.1) is 0 Å². The predicted molar refractivity (Wildman–Crippen MR) is 112 cm³/mol. The van der Waals surface area contributed by atoms with Crippen molar-refractivity contribution >= 4 is 5.97 Å². The first-order valence-electron chi connectivity index (χ1n) is 11.4. The predicted octanol–water partition coefficient (Wildman–Crippen LogP) is 6.96. The number of aryl methyl sites for hydroxylation is 1. The fraction of sp³-hybridized carbons (Fsp3) is 0.720. The lowest BCUT2D eigenvalue weighted by atomic mass is 9.68. The van der Waals surface area contributed by atoms with Crippen molar-refractivity contribution < 1.29 is 9.53 Å². The highest BCUT2D eigenvalue weighted by atomic mass is 16.5. The van der Waals surface area contributed by atoms with Crippen LogP contribution in [0.3, 0.4) is 0 Å². The van der Waals surface area contributed by atoms with Crippen molar-refractivity contribution in [3.63, 3.8) is 0 Å². The molecular weight excluding hydrogens is 332 g/mol. The molecule has 3 rings (SSSR count). The number of benzene rings is 1. The molecular formula is C25H38O2. The van der Waals surface area contributed by atoms with Gasteiger partial charge in [0.2, 0.25) is 0 Å². The van der Waals surface area contributed by atoms with E-state index in [9.17, 15) is 4.79 Å². The molecule has 0 N–H and O–H groups in total. The molecule has 150 valence electrons. The molecule has 27 heavy (non-hydrogen) atoms. The van der Waals surface area contributed by atoms with Gasteiger partial charge in [-0.2, -0.15) is 0 Å². The van der Waals surface area contributed by atoms with E-state index in [1.807, 2.05) is 12.1 Å². The Balaban J connectivity index is 1.35. The highest BCUT2D eigenvalue weighted by molar-refractivity contribution is 5.69. The van der Waals surface area contributed by atoms with Crippen molar-refractivity contribution in [1.29, 1.82) is 0 Å². The van der Waals surface area contributed by atoms with E-state index in [-0.39, 0.29) is 5.97 Å². The maximum atomic E-state index is 11.0. The summed E-state index contributed by atoms with van der Waals surface area (Å²) in [5, 5.41) is 0. The molecule has 2 fully saturated rings. The van der Waals surface area contributed by atoms with Gasteiger partial charge in [0.15, 0.2) is 0 Å². The molecule has 0 unspecified atom stereocenters. The number of carbonyl (C=O) groups excluding carboxylic acids is 1. The largest absolute Gasteiger partial charge is 0.427 e. The number of hydrogen-bond acceptors (Lipinski definition) is 2. The van der Waals surface area contributed by atoms with Crippen LogP contribution in [-0.2, 0) is 11.2 Å². The minimum Gasteiger partial charge on any atom is -0.427 e. The normalized spacial score (nSPS) is 28.7. The fourth-order valence-electron chi connectivity index (χ4n) is 5.57. The van der Waals surface area contributed by atoms with Crippen LogP contribution in [0.1, 0.15) is 90.0 Å². The standard InChI is InChI=1S/C25H38O2/c1-3-4-20-7-13-23(14-8-20)24-15-9-21(10-16-24)5-6-22-11-17-25(18-12-22)27-19(2)26/h11-12,17-18,20-21,23-24H,3-10,13-16H2,1-2H3. The first-order chi connectivity index (χ1) is 13.1. The molecule has 1 aromatic carbocycles. The third-order valence-corrected chi connectivity index (χ3v) is 7.17. The van der Waals surface area contributed by atoms with Crippen molar-refractivity contribution in [3.8, 4) is 5.75 Å². The van der Waals surface area contributed by atoms with Gasteiger partial charge in [-0.1, -0.05) is 57.6 Å². The second-order valence-electron chi connectivity index (χ2n) is 9.13. The van der Waals surface area contributed by atoms with Crippen molar-refractivity contribution in [2.24, 2.45) is 23.7 Å². The lowest BCUT2D eigenvalue weighted by molar-refractivity contribution is -0.131. The number of carbonyl (C=O) groups is 1. The molecule has 0 aliphatic heterocycles. The Bertz CT molecular complexity index is 560. The summed E-state index contributed by atoms with van der Waals surface area (Å²) in [7, 11) is 0. The van der Waals surface area contributed by atoms with Crippen LogP contribution in [0.15, 0.2) is 24.3 Å². The molecule has 2 aliphatic rings. The summed E-state index contributed by atoms with van der Waals surface area (Å²) in [6.07, 6.45) is 17.1. The van der Waals surface area contributed by atoms with E-state index in [4.69, 9.17) is 4.74 Å².